The Morgan fingerprint density at radius 2 is 1.97 bits per heavy atom. The van der Waals surface area contributed by atoms with Gasteiger partial charge in [0.15, 0.2) is 0 Å². The predicted octanol–water partition coefficient (Wildman–Crippen LogP) is 3.86. The van der Waals surface area contributed by atoms with Gasteiger partial charge in [-0.15, -0.1) is 0 Å². The van der Waals surface area contributed by atoms with Crippen molar-refractivity contribution < 1.29 is 23.4 Å². The molecule has 0 saturated carbocycles. The minimum absolute atomic E-state index is 0.183. The first-order chi connectivity index (χ1) is 14.5. The number of rotatable bonds is 7. The molecule has 1 aliphatic rings. The highest BCUT2D eigenvalue weighted by Crippen LogP contribution is 2.34. The van der Waals surface area contributed by atoms with Crippen LogP contribution in [-0.4, -0.2) is 31.8 Å². The fourth-order valence-electron chi connectivity index (χ4n) is 3.17. The SMILES string of the molecule is COc1ccc(OCC2(C)COc3ccc(C(=O)NCc4ccco4)cc3N2)cc1. The van der Waals surface area contributed by atoms with Gasteiger partial charge in [0.1, 0.15) is 41.8 Å². The number of anilines is 1. The molecule has 3 aromatic rings. The molecule has 2 aromatic carbocycles. The van der Waals surface area contributed by atoms with Crippen molar-refractivity contribution in [2.24, 2.45) is 0 Å². The molecule has 0 saturated heterocycles. The van der Waals surface area contributed by atoms with Crippen molar-refractivity contribution in [2.45, 2.75) is 19.0 Å². The van der Waals surface area contributed by atoms with E-state index in [-0.39, 0.29) is 5.91 Å². The molecule has 30 heavy (non-hydrogen) atoms. The van der Waals surface area contributed by atoms with E-state index in [1.54, 1.807) is 37.6 Å². The molecule has 1 amide bonds. The average molecular weight is 408 g/mol. The molecule has 0 radical (unpaired) electrons. The Labute approximate surface area is 174 Å². The van der Waals surface area contributed by atoms with Gasteiger partial charge in [-0.1, -0.05) is 0 Å². The number of nitrogens with one attached hydrogen (secondary N) is 2. The van der Waals surface area contributed by atoms with E-state index in [4.69, 9.17) is 18.6 Å². The van der Waals surface area contributed by atoms with E-state index >= 15 is 0 Å². The highest BCUT2D eigenvalue weighted by atomic mass is 16.5. The van der Waals surface area contributed by atoms with Crippen LogP contribution in [0.5, 0.6) is 17.2 Å². The van der Waals surface area contributed by atoms with Crippen LogP contribution in [0.1, 0.15) is 23.0 Å². The van der Waals surface area contributed by atoms with E-state index < -0.39 is 5.54 Å². The lowest BCUT2D eigenvalue weighted by Gasteiger charge is -2.36. The Kier molecular flexibility index (Phi) is 5.52. The molecule has 0 bridgehead atoms. The Balaban J connectivity index is 1.40. The van der Waals surface area contributed by atoms with Crippen LogP contribution >= 0.6 is 0 Å². The van der Waals surface area contributed by atoms with Crippen LogP contribution < -0.4 is 24.8 Å². The summed E-state index contributed by atoms with van der Waals surface area (Å²) >= 11 is 0. The number of hydrogen-bond donors (Lipinski definition) is 2. The summed E-state index contributed by atoms with van der Waals surface area (Å²) in [6.07, 6.45) is 1.58. The maximum Gasteiger partial charge on any atom is 0.251 e. The zero-order chi connectivity index (χ0) is 21.0. The zero-order valence-corrected chi connectivity index (χ0v) is 16.9. The topological polar surface area (TPSA) is 82.0 Å². The minimum Gasteiger partial charge on any atom is -0.497 e. The Morgan fingerprint density at radius 3 is 2.70 bits per heavy atom. The molecule has 7 heteroatoms. The van der Waals surface area contributed by atoms with Crippen molar-refractivity contribution in [3.63, 3.8) is 0 Å². The van der Waals surface area contributed by atoms with Gasteiger partial charge in [-0.25, -0.2) is 0 Å². The zero-order valence-electron chi connectivity index (χ0n) is 16.9. The van der Waals surface area contributed by atoms with Crippen molar-refractivity contribution >= 4 is 11.6 Å². The summed E-state index contributed by atoms with van der Waals surface area (Å²) < 4.78 is 22.3. The molecule has 2 heterocycles. The summed E-state index contributed by atoms with van der Waals surface area (Å²) in [5, 5.41) is 6.31. The predicted molar refractivity (Wildman–Crippen MR) is 112 cm³/mol. The highest BCUT2D eigenvalue weighted by Gasteiger charge is 2.32. The number of furan rings is 1. The molecule has 156 valence electrons. The molecular weight excluding hydrogens is 384 g/mol. The fourth-order valence-corrected chi connectivity index (χ4v) is 3.17. The summed E-state index contributed by atoms with van der Waals surface area (Å²) in [4.78, 5) is 12.5. The van der Waals surface area contributed by atoms with Crippen LogP contribution in [0.25, 0.3) is 0 Å². The van der Waals surface area contributed by atoms with Crippen LogP contribution in [0.4, 0.5) is 5.69 Å². The first kappa shape index (κ1) is 19.7. The Bertz CT molecular complexity index is 1000. The Morgan fingerprint density at radius 1 is 1.17 bits per heavy atom. The van der Waals surface area contributed by atoms with Crippen LogP contribution in [0.3, 0.4) is 0 Å². The molecular formula is C23H24N2O5. The van der Waals surface area contributed by atoms with E-state index in [1.807, 2.05) is 37.3 Å². The third kappa shape index (κ3) is 4.51. The standard InChI is InChI=1S/C23H24N2O5/c1-23(14-29-18-8-6-17(27-2)7-9-18)15-30-21-10-5-16(12-20(21)25-23)22(26)24-13-19-4-3-11-28-19/h3-12,25H,13-15H2,1-2H3,(H,24,26). The second kappa shape index (κ2) is 8.41. The number of hydrogen-bond acceptors (Lipinski definition) is 6. The summed E-state index contributed by atoms with van der Waals surface area (Å²) in [6.45, 7) is 3.19. The quantitative estimate of drug-likeness (QED) is 0.618. The fraction of sp³-hybridized carbons (Fsp3) is 0.261. The molecule has 2 N–H and O–H groups in total. The van der Waals surface area contributed by atoms with Crippen molar-refractivity contribution in [3.05, 3.63) is 72.2 Å². The molecule has 0 spiro atoms. The average Bonchev–Trinajstić information content (AvgIpc) is 3.29. The Hall–Kier alpha value is -3.61. The normalized spacial score (nSPS) is 17.3. The third-order valence-corrected chi connectivity index (χ3v) is 4.84. The maximum atomic E-state index is 12.5. The molecule has 1 aliphatic heterocycles. The van der Waals surface area contributed by atoms with E-state index in [2.05, 4.69) is 10.6 Å². The minimum atomic E-state index is -0.448. The van der Waals surface area contributed by atoms with Gasteiger partial charge in [0.25, 0.3) is 5.91 Å². The van der Waals surface area contributed by atoms with Crippen molar-refractivity contribution in [3.8, 4) is 17.2 Å². The van der Waals surface area contributed by atoms with E-state index in [0.717, 1.165) is 17.2 Å². The van der Waals surface area contributed by atoms with E-state index in [0.29, 0.717) is 36.8 Å². The first-order valence-electron chi connectivity index (χ1n) is 9.67. The highest BCUT2D eigenvalue weighted by molar-refractivity contribution is 5.95. The summed E-state index contributed by atoms with van der Waals surface area (Å²) in [6, 6.07) is 16.4. The van der Waals surface area contributed by atoms with Gasteiger partial charge >= 0.3 is 0 Å². The van der Waals surface area contributed by atoms with Gasteiger partial charge in [-0.05, 0) is 61.5 Å². The van der Waals surface area contributed by atoms with Gasteiger partial charge in [-0.3, -0.25) is 4.79 Å². The summed E-state index contributed by atoms with van der Waals surface area (Å²) in [7, 11) is 1.63. The molecule has 0 aliphatic carbocycles. The molecule has 4 rings (SSSR count). The summed E-state index contributed by atoms with van der Waals surface area (Å²) in [5.74, 6) is 2.75. The number of amides is 1. The number of carbonyl (C=O) groups excluding carboxylic acids is 1. The molecule has 1 atom stereocenters. The largest absolute Gasteiger partial charge is 0.497 e. The van der Waals surface area contributed by atoms with Crippen molar-refractivity contribution in [1.29, 1.82) is 0 Å². The third-order valence-electron chi connectivity index (χ3n) is 4.84. The monoisotopic (exact) mass is 408 g/mol. The number of methoxy groups -OCH3 is 1. The lowest BCUT2D eigenvalue weighted by Crippen LogP contribution is -2.48. The lowest BCUT2D eigenvalue weighted by atomic mass is 10.0. The van der Waals surface area contributed by atoms with Crippen LogP contribution in [0, 0.1) is 0 Å². The molecule has 1 aromatic heterocycles. The smallest absolute Gasteiger partial charge is 0.251 e. The summed E-state index contributed by atoms with van der Waals surface area (Å²) in [5.41, 5.74) is 0.848. The van der Waals surface area contributed by atoms with Gasteiger partial charge in [-0.2, -0.15) is 0 Å². The number of benzene rings is 2. The molecule has 0 fully saturated rings. The van der Waals surface area contributed by atoms with Crippen molar-refractivity contribution in [2.75, 3.05) is 25.6 Å². The van der Waals surface area contributed by atoms with Gasteiger partial charge < -0.3 is 29.3 Å². The van der Waals surface area contributed by atoms with Gasteiger partial charge in [0.05, 0.1) is 25.6 Å². The maximum absolute atomic E-state index is 12.5. The molecule has 7 nitrogen and oxygen atoms in total. The van der Waals surface area contributed by atoms with E-state index in [9.17, 15) is 4.79 Å². The van der Waals surface area contributed by atoms with Gasteiger partial charge in [0.2, 0.25) is 0 Å². The number of ether oxygens (including phenoxy) is 3. The van der Waals surface area contributed by atoms with E-state index in [1.165, 1.54) is 0 Å². The van der Waals surface area contributed by atoms with Gasteiger partial charge in [0, 0.05) is 5.56 Å². The molecule has 1 unspecified atom stereocenters. The van der Waals surface area contributed by atoms with Crippen LogP contribution in [-0.2, 0) is 6.54 Å². The number of fused-ring (bicyclic) bond motifs is 1. The van der Waals surface area contributed by atoms with Crippen molar-refractivity contribution in [1.82, 2.24) is 5.32 Å². The number of carbonyl (C=O) groups is 1. The second-order valence-electron chi connectivity index (χ2n) is 7.41. The second-order valence-corrected chi connectivity index (χ2v) is 7.41. The first-order valence-corrected chi connectivity index (χ1v) is 9.67. The lowest BCUT2D eigenvalue weighted by molar-refractivity contribution is 0.0948. The van der Waals surface area contributed by atoms with Crippen LogP contribution in [0.15, 0.2) is 65.3 Å². The van der Waals surface area contributed by atoms with Crippen LogP contribution in [0.2, 0.25) is 0 Å².